The van der Waals surface area contributed by atoms with Gasteiger partial charge in [0.2, 0.25) is 0 Å². The highest BCUT2D eigenvalue weighted by molar-refractivity contribution is 5.71. The molecule has 0 heterocycles. The van der Waals surface area contributed by atoms with Crippen molar-refractivity contribution in [2.75, 3.05) is 20.2 Å². The van der Waals surface area contributed by atoms with Crippen molar-refractivity contribution in [3.63, 3.8) is 0 Å². The smallest absolute Gasteiger partial charge is 0.319 e. The summed E-state index contributed by atoms with van der Waals surface area (Å²) in [5.41, 5.74) is 5.20. The van der Waals surface area contributed by atoms with Gasteiger partial charge in [0.05, 0.1) is 13.7 Å². The number of esters is 1. The van der Waals surface area contributed by atoms with Gasteiger partial charge in [0.25, 0.3) is 0 Å². The lowest BCUT2D eigenvalue weighted by atomic mass is 9.99. The standard InChI is InChI=1S/C16H25NO2/c1-6-7-17(11-16(18)19-5)10-15-13(3)8-12(2)9-14(15)4/h8-9H,6-7,10-11H2,1-5H3. The molecule has 106 valence electrons. The summed E-state index contributed by atoms with van der Waals surface area (Å²) in [6, 6.07) is 4.40. The minimum absolute atomic E-state index is 0.170. The summed E-state index contributed by atoms with van der Waals surface area (Å²) in [6.07, 6.45) is 1.03. The van der Waals surface area contributed by atoms with Crippen molar-refractivity contribution in [3.8, 4) is 0 Å². The Morgan fingerprint density at radius 3 is 2.26 bits per heavy atom. The van der Waals surface area contributed by atoms with Crippen LogP contribution in [0.15, 0.2) is 12.1 Å². The Bertz CT molecular complexity index is 417. The first-order valence-electron chi connectivity index (χ1n) is 6.83. The molecule has 0 bridgehead atoms. The van der Waals surface area contributed by atoms with Crippen LogP contribution in [0.5, 0.6) is 0 Å². The van der Waals surface area contributed by atoms with Crippen molar-refractivity contribution < 1.29 is 9.53 Å². The summed E-state index contributed by atoms with van der Waals surface area (Å²) >= 11 is 0. The van der Waals surface area contributed by atoms with Gasteiger partial charge in [0.1, 0.15) is 0 Å². The maximum atomic E-state index is 11.4. The number of hydrogen-bond donors (Lipinski definition) is 0. The molecule has 1 rings (SSSR count). The molecule has 0 N–H and O–H groups in total. The van der Waals surface area contributed by atoms with Crippen LogP contribution < -0.4 is 0 Å². The Morgan fingerprint density at radius 1 is 1.21 bits per heavy atom. The molecule has 0 aliphatic carbocycles. The molecule has 0 radical (unpaired) electrons. The summed E-state index contributed by atoms with van der Waals surface area (Å²) in [5, 5.41) is 0. The molecule has 0 amide bonds. The van der Waals surface area contributed by atoms with Crippen LogP contribution in [0.4, 0.5) is 0 Å². The fourth-order valence-electron chi connectivity index (χ4n) is 2.46. The monoisotopic (exact) mass is 263 g/mol. The fraction of sp³-hybridized carbons (Fsp3) is 0.562. The van der Waals surface area contributed by atoms with E-state index < -0.39 is 0 Å². The van der Waals surface area contributed by atoms with Gasteiger partial charge in [-0.2, -0.15) is 0 Å². The highest BCUT2D eigenvalue weighted by atomic mass is 16.5. The van der Waals surface area contributed by atoms with Gasteiger partial charge in [-0.1, -0.05) is 24.6 Å². The van der Waals surface area contributed by atoms with Gasteiger partial charge in [-0.15, -0.1) is 0 Å². The first-order chi connectivity index (χ1) is 8.97. The Kier molecular flexibility index (Phi) is 6.03. The molecule has 19 heavy (non-hydrogen) atoms. The lowest BCUT2D eigenvalue weighted by Crippen LogP contribution is -2.31. The van der Waals surface area contributed by atoms with Gasteiger partial charge in [-0.05, 0) is 50.4 Å². The van der Waals surface area contributed by atoms with E-state index in [1.165, 1.54) is 29.4 Å². The van der Waals surface area contributed by atoms with E-state index >= 15 is 0 Å². The summed E-state index contributed by atoms with van der Waals surface area (Å²) in [4.78, 5) is 13.6. The van der Waals surface area contributed by atoms with Crippen molar-refractivity contribution in [2.24, 2.45) is 0 Å². The van der Waals surface area contributed by atoms with Crippen LogP contribution >= 0.6 is 0 Å². The minimum atomic E-state index is -0.170. The minimum Gasteiger partial charge on any atom is -0.468 e. The molecule has 3 heteroatoms. The molecule has 0 aromatic heterocycles. The molecule has 0 atom stereocenters. The van der Waals surface area contributed by atoms with Gasteiger partial charge in [0, 0.05) is 6.54 Å². The average molecular weight is 263 g/mol. The van der Waals surface area contributed by atoms with Crippen molar-refractivity contribution in [1.29, 1.82) is 0 Å². The van der Waals surface area contributed by atoms with E-state index in [0.717, 1.165) is 19.5 Å². The number of aryl methyl sites for hydroxylation is 3. The SMILES string of the molecule is CCCN(CC(=O)OC)Cc1c(C)cc(C)cc1C. The molecule has 0 aliphatic rings. The third kappa shape index (κ3) is 4.67. The topological polar surface area (TPSA) is 29.5 Å². The molecule has 0 saturated carbocycles. The first kappa shape index (κ1) is 15.7. The third-order valence-corrected chi connectivity index (χ3v) is 3.34. The number of rotatable bonds is 6. The molecule has 0 saturated heterocycles. The molecular weight excluding hydrogens is 238 g/mol. The number of methoxy groups -OCH3 is 1. The van der Waals surface area contributed by atoms with E-state index in [1.54, 1.807) is 0 Å². The van der Waals surface area contributed by atoms with Crippen LogP contribution in [0.2, 0.25) is 0 Å². The molecule has 0 unspecified atom stereocenters. The lowest BCUT2D eigenvalue weighted by molar-refractivity contribution is -0.142. The van der Waals surface area contributed by atoms with E-state index in [0.29, 0.717) is 6.54 Å². The van der Waals surface area contributed by atoms with E-state index in [4.69, 9.17) is 4.74 Å². The van der Waals surface area contributed by atoms with E-state index in [-0.39, 0.29) is 5.97 Å². The molecule has 0 aliphatic heterocycles. The average Bonchev–Trinajstić information content (AvgIpc) is 2.33. The second-order valence-corrected chi connectivity index (χ2v) is 5.16. The van der Waals surface area contributed by atoms with Crippen molar-refractivity contribution in [1.82, 2.24) is 4.90 Å². The predicted molar refractivity (Wildman–Crippen MR) is 78.2 cm³/mol. The molecule has 1 aromatic rings. The van der Waals surface area contributed by atoms with Crippen LogP contribution in [-0.2, 0) is 16.1 Å². The van der Waals surface area contributed by atoms with Crippen LogP contribution in [0.25, 0.3) is 0 Å². The maximum Gasteiger partial charge on any atom is 0.319 e. The van der Waals surface area contributed by atoms with Gasteiger partial charge in [0.15, 0.2) is 0 Å². The number of carbonyl (C=O) groups excluding carboxylic acids is 1. The zero-order valence-corrected chi connectivity index (χ0v) is 12.7. The van der Waals surface area contributed by atoms with Crippen LogP contribution in [0.3, 0.4) is 0 Å². The number of ether oxygens (including phenoxy) is 1. The third-order valence-electron chi connectivity index (χ3n) is 3.34. The van der Waals surface area contributed by atoms with E-state index in [9.17, 15) is 4.79 Å². The highest BCUT2D eigenvalue weighted by Crippen LogP contribution is 2.18. The van der Waals surface area contributed by atoms with Gasteiger partial charge >= 0.3 is 5.97 Å². The second-order valence-electron chi connectivity index (χ2n) is 5.16. The number of nitrogens with zero attached hydrogens (tertiary/aromatic N) is 1. The van der Waals surface area contributed by atoms with Crippen molar-refractivity contribution in [2.45, 2.75) is 40.7 Å². The van der Waals surface area contributed by atoms with Gasteiger partial charge in [-0.3, -0.25) is 9.69 Å². The second kappa shape index (κ2) is 7.29. The molecule has 1 aromatic carbocycles. The Balaban J connectivity index is 2.87. The molecular formula is C16H25NO2. The largest absolute Gasteiger partial charge is 0.468 e. The van der Waals surface area contributed by atoms with Gasteiger partial charge < -0.3 is 4.74 Å². The lowest BCUT2D eigenvalue weighted by Gasteiger charge is -2.23. The van der Waals surface area contributed by atoms with Crippen LogP contribution in [-0.4, -0.2) is 31.1 Å². The zero-order chi connectivity index (χ0) is 14.4. The highest BCUT2D eigenvalue weighted by Gasteiger charge is 2.13. The molecule has 0 fully saturated rings. The zero-order valence-electron chi connectivity index (χ0n) is 12.7. The first-order valence-corrected chi connectivity index (χ1v) is 6.83. The quantitative estimate of drug-likeness (QED) is 0.739. The van der Waals surface area contributed by atoms with E-state index in [2.05, 4.69) is 44.7 Å². The Morgan fingerprint density at radius 2 is 1.79 bits per heavy atom. The summed E-state index contributed by atoms with van der Waals surface area (Å²) in [6.45, 7) is 10.6. The maximum absolute atomic E-state index is 11.4. The Labute approximate surface area is 116 Å². The summed E-state index contributed by atoms with van der Waals surface area (Å²) < 4.78 is 4.76. The number of hydrogen-bond acceptors (Lipinski definition) is 3. The van der Waals surface area contributed by atoms with Crippen molar-refractivity contribution in [3.05, 3.63) is 34.4 Å². The van der Waals surface area contributed by atoms with Gasteiger partial charge in [-0.25, -0.2) is 0 Å². The van der Waals surface area contributed by atoms with Crippen LogP contribution in [0, 0.1) is 20.8 Å². The van der Waals surface area contributed by atoms with E-state index in [1.807, 2.05) is 0 Å². The van der Waals surface area contributed by atoms with Crippen LogP contribution in [0.1, 0.15) is 35.6 Å². The van der Waals surface area contributed by atoms with Crippen molar-refractivity contribution >= 4 is 5.97 Å². The number of benzene rings is 1. The molecule has 3 nitrogen and oxygen atoms in total. The fourth-order valence-corrected chi connectivity index (χ4v) is 2.46. The normalized spacial score (nSPS) is 10.8. The Hall–Kier alpha value is -1.35. The number of carbonyl (C=O) groups is 1. The summed E-state index contributed by atoms with van der Waals surface area (Å²) in [5.74, 6) is -0.170. The predicted octanol–water partition coefficient (Wildman–Crippen LogP) is 3.00. The summed E-state index contributed by atoms with van der Waals surface area (Å²) in [7, 11) is 1.44. The molecule has 0 spiro atoms.